The number of hydrogen-bond donors (Lipinski definition) is 2. The molecule has 1 saturated heterocycles. The lowest BCUT2D eigenvalue weighted by atomic mass is 10.0. The summed E-state index contributed by atoms with van der Waals surface area (Å²) in [6.07, 6.45) is 4.54. The van der Waals surface area contributed by atoms with E-state index in [4.69, 9.17) is 0 Å². The molecule has 1 atom stereocenters. The van der Waals surface area contributed by atoms with Crippen molar-refractivity contribution in [3.05, 3.63) is 36.0 Å². The Bertz CT molecular complexity index is 560. The third kappa shape index (κ3) is 2.53. The molecule has 1 fully saturated rings. The van der Waals surface area contributed by atoms with Crippen LogP contribution in [0.5, 0.6) is 0 Å². The Kier molecular flexibility index (Phi) is 3.33. The molecule has 3 heteroatoms. The van der Waals surface area contributed by atoms with E-state index in [2.05, 4.69) is 59.6 Å². The fraction of sp³-hybridized carbons (Fsp3) is 0.500. The van der Waals surface area contributed by atoms with Crippen LogP contribution in [0.3, 0.4) is 0 Å². The predicted octanol–water partition coefficient (Wildman–Crippen LogP) is 2.39. The molecule has 1 unspecified atom stereocenters. The number of likely N-dealkylation sites (tertiary alicyclic amines) is 1. The van der Waals surface area contributed by atoms with Crippen LogP contribution in [0.4, 0.5) is 0 Å². The summed E-state index contributed by atoms with van der Waals surface area (Å²) in [6.45, 7) is 5.84. The fourth-order valence-electron chi connectivity index (χ4n) is 3.07. The minimum Gasteiger partial charge on any atom is -0.361 e. The third-order valence-electron chi connectivity index (χ3n) is 4.53. The Labute approximate surface area is 115 Å². The first-order valence-corrected chi connectivity index (χ1v) is 7.16. The molecule has 3 nitrogen and oxygen atoms in total. The van der Waals surface area contributed by atoms with Crippen molar-refractivity contribution in [3.8, 4) is 0 Å². The highest BCUT2D eigenvalue weighted by atomic mass is 15.2. The smallest absolute Gasteiger partial charge is 0.0456 e. The molecule has 0 spiro atoms. The van der Waals surface area contributed by atoms with Crippen LogP contribution in [-0.4, -0.2) is 42.1 Å². The standard InChI is InChI=1S/C16H23N3/c1-16(17-2)8-10-19(12-16)9-7-13-11-18-15-6-4-3-5-14(13)15/h3-6,11,17-18H,7-10,12H2,1-2H3. The summed E-state index contributed by atoms with van der Waals surface area (Å²) in [5, 5.41) is 4.82. The number of para-hydroxylation sites is 1. The van der Waals surface area contributed by atoms with E-state index in [1.54, 1.807) is 0 Å². The summed E-state index contributed by atoms with van der Waals surface area (Å²) < 4.78 is 0. The van der Waals surface area contributed by atoms with Gasteiger partial charge < -0.3 is 15.2 Å². The van der Waals surface area contributed by atoms with Crippen molar-refractivity contribution in [3.63, 3.8) is 0 Å². The highest BCUT2D eigenvalue weighted by Gasteiger charge is 2.31. The maximum atomic E-state index is 3.45. The van der Waals surface area contributed by atoms with Crippen molar-refractivity contribution in [1.29, 1.82) is 0 Å². The van der Waals surface area contributed by atoms with Gasteiger partial charge in [-0.1, -0.05) is 18.2 Å². The van der Waals surface area contributed by atoms with Crippen molar-refractivity contribution in [2.75, 3.05) is 26.7 Å². The van der Waals surface area contributed by atoms with E-state index >= 15 is 0 Å². The van der Waals surface area contributed by atoms with Crippen LogP contribution >= 0.6 is 0 Å². The van der Waals surface area contributed by atoms with Crippen molar-refractivity contribution in [1.82, 2.24) is 15.2 Å². The lowest BCUT2D eigenvalue weighted by Crippen LogP contribution is -2.42. The van der Waals surface area contributed by atoms with Gasteiger partial charge in [-0.2, -0.15) is 0 Å². The second-order valence-corrected chi connectivity index (χ2v) is 5.95. The van der Waals surface area contributed by atoms with Crippen molar-refractivity contribution < 1.29 is 0 Å². The molecule has 1 aliphatic rings. The van der Waals surface area contributed by atoms with Gasteiger partial charge in [0.05, 0.1) is 0 Å². The van der Waals surface area contributed by atoms with Gasteiger partial charge in [-0.15, -0.1) is 0 Å². The number of likely N-dealkylation sites (N-methyl/N-ethyl adjacent to an activating group) is 1. The molecular formula is C16H23N3. The summed E-state index contributed by atoms with van der Waals surface area (Å²) in [7, 11) is 2.07. The largest absolute Gasteiger partial charge is 0.361 e. The van der Waals surface area contributed by atoms with Gasteiger partial charge in [-0.05, 0) is 38.4 Å². The molecule has 0 amide bonds. The van der Waals surface area contributed by atoms with Crippen LogP contribution in [0, 0.1) is 0 Å². The van der Waals surface area contributed by atoms with Crippen LogP contribution in [0.15, 0.2) is 30.5 Å². The van der Waals surface area contributed by atoms with Gasteiger partial charge in [-0.3, -0.25) is 0 Å². The molecule has 102 valence electrons. The van der Waals surface area contributed by atoms with Crippen molar-refractivity contribution >= 4 is 10.9 Å². The molecule has 2 aromatic rings. The van der Waals surface area contributed by atoms with Gasteiger partial charge in [-0.25, -0.2) is 0 Å². The molecule has 0 saturated carbocycles. The van der Waals surface area contributed by atoms with Crippen molar-refractivity contribution in [2.45, 2.75) is 25.3 Å². The average Bonchev–Trinajstić information content (AvgIpc) is 3.01. The average molecular weight is 257 g/mol. The fourth-order valence-corrected chi connectivity index (χ4v) is 3.07. The Balaban J connectivity index is 1.64. The first-order valence-electron chi connectivity index (χ1n) is 7.16. The van der Waals surface area contributed by atoms with Crippen LogP contribution in [0.2, 0.25) is 0 Å². The maximum absolute atomic E-state index is 3.45. The van der Waals surface area contributed by atoms with Crippen LogP contribution in [-0.2, 0) is 6.42 Å². The Morgan fingerprint density at radius 2 is 2.21 bits per heavy atom. The molecule has 0 bridgehead atoms. The predicted molar refractivity (Wildman–Crippen MR) is 80.5 cm³/mol. The zero-order valence-electron chi connectivity index (χ0n) is 11.9. The third-order valence-corrected chi connectivity index (χ3v) is 4.53. The molecule has 2 heterocycles. The van der Waals surface area contributed by atoms with Gasteiger partial charge in [0.1, 0.15) is 0 Å². The Hall–Kier alpha value is -1.32. The highest BCUT2D eigenvalue weighted by Crippen LogP contribution is 2.22. The van der Waals surface area contributed by atoms with Gasteiger partial charge in [0.25, 0.3) is 0 Å². The second kappa shape index (κ2) is 4.99. The summed E-state index contributed by atoms with van der Waals surface area (Å²) in [6, 6.07) is 8.56. The highest BCUT2D eigenvalue weighted by molar-refractivity contribution is 5.83. The summed E-state index contributed by atoms with van der Waals surface area (Å²) in [4.78, 5) is 5.93. The van der Waals surface area contributed by atoms with Gasteiger partial charge >= 0.3 is 0 Å². The number of fused-ring (bicyclic) bond motifs is 1. The monoisotopic (exact) mass is 257 g/mol. The molecule has 3 rings (SSSR count). The number of aromatic nitrogens is 1. The van der Waals surface area contributed by atoms with Gasteiger partial charge in [0.15, 0.2) is 0 Å². The molecule has 1 aromatic carbocycles. The molecular weight excluding hydrogens is 234 g/mol. The van der Waals surface area contributed by atoms with Gasteiger partial charge in [0.2, 0.25) is 0 Å². The molecule has 1 aliphatic heterocycles. The number of benzene rings is 1. The molecule has 0 aliphatic carbocycles. The number of aromatic amines is 1. The van der Waals surface area contributed by atoms with Crippen LogP contribution in [0.1, 0.15) is 18.9 Å². The van der Waals surface area contributed by atoms with Crippen LogP contribution < -0.4 is 5.32 Å². The molecule has 0 radical (unpaired) electrons. The minimum atomic E-state index is 0.306. The summed E-state index contributed by atoms with van der Waals surface area (Å²) in [5.41, 5.74) is 2.99. The Morgan fingerprint density at radius 3 is 3.00 bits per heavy atom. The summed E-state index contributed by atoms with van der Waals surface area (Å²) >= 11 is 0. The minimum absolute atomic E-state index is 0.306. The molecule has 19 heavy (non-hydrogen) atoms. The lowest BCUT2D eigenvalue weighted by molar-refractivity contribution is 0.304. The molecule has 1 aromatic heterocycles. The second-order valence-electron chi connectivity index (χ2n) is 5.95. The zero-order chi connectivity index (χ0) is 13.3. The van der Waals surface area contributed by atoms with E-state index in [0.29, 0.717) is 5.54 Å². The van der Waals surface area contributed by atoms with E-state index in [1.165, 1.54) is 29.4 Å². The molecule has 2 N–H and O–H groups in total. The first kappa shape index (κ1) is 12.7. The quantitative estimate of drug-likeness (QED) is 0.881. The Morgan fingerprint density at radius 1 is 1.37 bits per heavy atom. The SMILES string of the molecule is CNC1(C)CCN(CCc2c[nH]c3ccccc23)C1. The number of nitrogens with one attached hydrogen (secondary N) is 2. The normalized spacial score (nSPS) is 24.3. The summed E-state index contributed by atoms with van der Waals surface area (Å²) in [5.74, 6) is 0. The van der Waals surface area contributed by atoms with Crippen molar-refractivity contribution in [2.24, 2.45) is 0 Å². The van der Waals surface area contributed by atoms with Crippen LogP contribution in [0.25, 0.3) is 10.9 Å². The van der Waals surface area contributed by atoms with E-state index in [-0.39, 0.29) is 0 Å². The topological polar surface area (TPSA) is 31.1 Å². The van der Waals surface area contributed by atoms with E-state index in [1.807, 2.05) is 0 Å². The van der Waals surface area contributed by atoms with E-state index in [0.717, 1.165) is 19.5 Å². The number of hydrogen-bond acceptors (Lipinski definition) is 2. The number of nitrogens with zero attached hydrogens (tertiary/aromatic N) is 1. The van der Waals surface area contributed by atoms with E-state index in [9.17, 15) is 0 Å². The number of H-pyrrole nitrogens is 1. The zero-order valence-corrected chi connectivity index (χ0v) is 11.9. The van der Waals surface area contributed by atoms with Gasteiger partial charge in [0, 0.05) is 42.3 Å². The first-order chi connectivity index (χ1) is 9.20. The lowest BCUT2D eigenvalue weighted by Gasteiger charge is -2.24. The maximum Gasteiger partial charge on any atom is 0.0456 e. The number of rotatable bonds is 4. The van der Waals surface area contributed by atoms with E-state index < -0.39 is 0 Å².